The van der Waals surface area contributed by atoms with Gasteiger partial charge in [-0.2, -0.15) is 4.31 Å². The van der Waals surface area contributed by atoms with Gasteiger partial charge in [0, 0.05) is 35.1 Å². The maximum Gasteiger partial charge on any atom is 0.243 e. The summed E-state index contributed by atoms with van der Waals surface area (Å²) >= 11 is 7.58. The molecule has 9 heteroatoms. The molecule has 3 aromatic carbocycles. The van der Waals surface area contributed by atoms with Gasteiger partial charge in [0.1, 0.15) is 0 Å². The Labute approximate surface area is 208 Å². The zero-order valence-corrected chi connectivity index (χ0v) is 20.7. The van der Waals surface area contributed by atoms with Crippen molar-refractivity contribution in [3.05, 3.63) is 89.4 Å². The van der Waals surface area contributed by atoms with Crippen LogP contribution >= 0.6 is 23.4 Å². The lowest BCUT2D eigenvalue weighted by molar-refractivity contribution is 0.477. The summed E-state index contributed by atoms with van der Waals surface area (Å²) in [5.74, 6) is 1.30. The molecular formula is C25H23ClN4O2S2. The summed E-state index contributed by atoms with van der Waals surface area (Å²) in [5.41, 5.74) is 2.74. The SMILES string of the molecule is O=S(=O)(c1cccc(-c2nnc(SCc3ccc(Cl)cc3)n2-c2ccccc2)c1)N1CCCC1. The van der Waals surface area contributed by atoms with Crippen LogP contribution in [0.1, 0.15) is 18.4 Å². The molecule has 1 aliphatic rings. The van der Waals surface area contributed by atoms with Gasteiger partial charge in [-0.3, -0.25) is 4.57 Å². The van der Waals surface area contributed by atoms with Crippen molar-refractivity contribution >= 4 is 33.4 Å². The van der Waals surface area contributed by atoms with Crippen LogP contribution in [0.2, 0.25) is 5.02 Å². The summed E-state index contributed by atoms with van der Waals surface area (Å²) in [6.45, 7) is 1.14. The smallest absolute Gasteiger partial charge is 0.243 e. The average Bonchev–Trinajstić information content (AvgIpc) is 3.55. The van der Waals surface area contributed by atoms with Crippen LogP contribution in [0.3, 0.4) is 0 Å². The molecule has 2 heterocycles. The van der Waals surface area contributed by atoms with Crippen molar-refractivity contribution in [2.24, 2.45) is 0 Å². The van der Waals surface area contributed by atoms with Crippen molar-refractivity contribution in [3.63, 3.8) is 0 Å². The Morgan fingerprint density at radius 3 is 2.35 bits per heavy atom. The molecule has 5 rings (SSSR count). The molecule has 174 valence electrons. The monoisotopic (exact) mass is 510 g/mol. The quantitative estimate of drug-likeness (QED) is 0.300. The van der Waals surface area contributed by atoms with E-state index in [1.165, 1.54) is 0 Å². The molecule has 4 aromatic rings. The molecule has 1 fully saturated rings. The molecule has 1 aromatic heterocycles. The highest BCUT2D eigenvalue weighted by Crippen LogP contribution is 2.31. The predicted octanol–water partition coefficient (Wildman–Crippen LogP) is 5.66. The average molecular weight is 511 g/mol. The van der Waals surface area contributed by atoms with Crippen LogP contribution in [0.5, 0.6) is 0 Å². The number of thioether (sulfide) groups is 1. The summed E-state index contributed by atoms with van der Waals surface area (Å²) in [4.78, 5) is 0.282. The van der Waals surface area contributed by atoms with Crippen LogP contribution in [-0.4, -0.2) is 40.6 Å². The molecule has 34 heavy (non-hydrogen) atoms. The van der Waals surface area contributed by atoms with Gasteiger partial charge in [-0.25, -0.2) is 8.42 Å². The first-order chi connectivity index (χ1) is 16.5. The molecule has 0 amide bonds. The predicted molar refractivity (Wildman–Crippen MR) is 136 cm³/mol. The fourth-order valence-electron chi connectivity index (χ4n) is 3.96. The lowest BCUT2D eigenvalue weighted by Gasteiger charge is -2.16. The van der Waals surface area contributed by atoms with E-state index in [1.54, 1.807) is 34.3 Å². The van der Waals surface area contributed by atoms with Crippen molar-refractivity contribution < 1.29 is 8.42 Å². The minimum atomic E-state index is -3.53. The molecule has 1 aliphatic heterocycles. The summed E-state index contributed by atoms with van der Waals surface area (Å²) in [5, 5.41) is 10.4. The van der Waals surface area contributed by atoms with Crippen molar-refractivity contribution in [2.45, 2.75) is 28.6 Å². The van der Waals surface area contributed by atoms with Gasteiger partial charge in [-0.05, 0) is 54.8 Å². The highest BCUT2D eigenvalue weighted by molar-refractivity contribution is 7.98. The molecule has 0 radical (unpaired) electrons. The number of hydrogen-bond acceptors (Lipinski definition) is 5. The van der Waals surface area contributed by atoms with Crippen molar-refractivity contribution in [1.29, 1.82) is 0 Å². The van der Waals surface area contributed by atoms with E-state index in [1.807, 2.05) is 65.2 Å². The van der Waals surface area contributed by atoms with Crippen LogP contribution in [0.4, 0.5) is 0 Å². The second-order valence-electron chi connectivity index (χ2n) is 8.03. The van der Waals surface area contributed by atoms with E-state index in [0.29, 0.717) is 35.3 Å². The van der Waals surface area contributed by atoms with Gasteiger partial charge in [-0.15, -0.1) is 10.2 Å². The van der Waals surface area contributed by atoms with Gasteiger partial charge in [0.15, 0.2) is 11.0 Å². The Kier molecular flexibility index (Phi) is 6.74. The lowest BCUT2D eigenvalue weighted by atomic mass is 10.2. The van der Waals surface area contributed by atoms with Gasteiger partial charge >= 0.3 is 0 Å². The number of halogens is 1. The molecule has 0 saturated carbocycles. The summed E-state index contributed by atoms with van der Waals surface area (Å²) < 4.78 is 29.8. The minimum absolute atomic E-state index is 0.282. The van der Waals surface area contributed by atoms with Gasteiger partial charge < -0.3 is 0 Å². The Morgan fingerprint density at radius 2 is 1.62 bits per heavy atom. The van der Waals surface area contributed by atoms with Crippen LogP contribution < -0.4 is 0 Å². The van der Waals surface area contributed by atoms with E-state index in [0.717, 1.165) is 29.2 Å². The Hall–Kier alpha value is -2.65. The van der Waals surface area contributed by atoms with Gasteiger partial charge in [-0.1, -0.05) is 65.8 Å². The Balaban J connectivity index is 1.52. The molecular weight excluding hydrogens is 488 g/mol. The summed E-state index contributed by atoms with van der Waals surface area (Å²) in [6.07, 6.45) is 1.80. The van der Waals surface area contributed by atoms with E-state index in [-0.39, 0.29) is 4.90 Å². The zero-order chi connectivity index (χ0) is 23.5. The summed E-state index contributed by atoms with van der Waals surface area (Å²) in [7, 11) is -3.53. The number of benzene rings is 3. The van der Waals surface area contributed by atoms with E-state index in [2.05, 4.69) is 10.2 Å². The number of sulfonamides is 1. The third-order valence-corrected chi connectivity index (χ3v) is 8.87. The number of para-hydroxylation sites is 1. The molecule has 0 N–H and O–H groups in total. The van der Waals surface area contributed by atoms with Crippen LogP contribution in [0.15, 0.2) is 88.9 Å². The highest BCUT2D eigenvalue weighted by atomic mass is 35.5. The third-order valence-electron chi connectivity index (χ3n) is 5.72. The molecule has 0 spiro atoms. The largest absolute Gasteiger partial charge is 0.270 e. The molecule has 0 aliphatic carbocycles. The lowest BCUT2D eigenvalue weighted by Crippen LogP contribution is -2.27. The normalized spacial score (nSPS) is 14.5. The molecule has 6 nitrogen and oxygen atoms in total. The number of rotatable bonds is 7. The Morgan fingerprint density at radius 1 is 0.882 bits per heavy atom. The first-order valence-corrected chi connectivity index (χ1v) is 13.8. The molecule has 1 saturated heterocycles. The first-order valence-electron chi connectivity index (χ1n) is 11.0. The van der Waals surface area contributed by atoms with Crippen LogP contribution in [0, 0.1) is 0 Å². The number of nitrogens with zero attached hydrogens (tertiary/aromatic N) is 4. The maximum absolute atomic E-state index is 13.1. The van der Waals surface area contributed by atoms with Gasteiger partial charge in [0.25, 0.3) is 0 Å². The topological polar surface area (TPSA) is 68.1 Å². The molecule has 0 unspecified atom stereocenters. The van der Waals surface area contributed by atoms with E-state index < -0.39 is 10.0 Å². The minimum Gasteiger partial charge on any atom is -0.270 e. The summed E-state index contributed by atoms with van der Waals surface area (Å²) in [6, 6.07) is 24.6. The number of hydrogen-bond donors (Lipinski definition) is 0. The zero-order valence-electron chi connectivity index (χ0n) is 18.3. The first kappa shape index (κ1) is 23.1. The second kappa shape index (κ2) is 9.92. The molecule has 0 bridgehead atoms. The Bertz CT molecular complexity index is 1380. The van der Waals surface area contributed by atoms with Crippen molar-refractivity contribution in [1.82, 2.24) is 19.1 Å². The highest BCUT2D eigenvalue weighted by Gasteiger charge is 2.28. The van der Waals surface area contributed by atoms with Crippen molar-refractivity contribution in [3.8, 4) is 17.1 Å². The third kappa shape index (κ3) is 4.77. The maximum atomic E-state index is 13.1. The van der Waals surface area contributed by atoms with Gasteiger partial charge in [0.05, 0.1) is 4.90 Å². The van der Waals surface area contributed by atoms with E-state index in [9.17, 15) is 8.42 Å². The number of aromatic nitrogens is 3. The fourth-order valence-corrected chi connectivity index (χ4v) is 6.56. The van der Waals surface area contributed by atoms with Crippen molar-refractivity contribution in [2.75, 3.05) is 13.1 Å². The van der Waals surface area contributed by atoms with E-state index >= 15 is 0 Å². The van der Waals surface area contributed by atoms with Crippen LogP contribution in [-0.2, 0) is 15.8 Å². The molecule has 0 atom stereocenters. The fraction of sp³-hybridized carbons (Fsp3) is 0.200. The standard InChI is InChI=1S/C25H23ClN4O2S2/c26-21-13-11-19(12-14-21)18-33-25-28-27-24(30(25)22-8-2-1-3-9-22)20-7-6-10-23(17-20)34(31,32)29-15-4-5-16-29/h1-3,6-14,17H,4-5,15-16,18H2. The van der Waals surface area contributed by atoms with Crippen LogP contribution in [0.25, 0.3) is 17.1 Å². The van der Waals surface area contributed by atoms with Gasteiger partial charge in [0.2, 0.25) is 10.0 Å². The second-order valence-corrected chi connectivity index (χ2v) is 11.3. The van der Waals surface area contributed by atoms with E-state index in [4.69, 9.17) is 11.6 Å².